The van der Waals surface area contributed by atoms with Crippen LogP contribution in [0.1, 0.15) is 196 Å². The highest BCUT2D eigenvalue weighted by Gasteiger charge is 2.46. The van der Waals surface area contributed by atoms with Crippen molar-refractivity contribution in [2.24, 2.45) is 63.3 Å². The van der Waals surface area contributed by atoms with E-state index in [1.54, 1.807) is 62.9 Å². The molecule has 0 saturated carbocycles. The molecule has 3 saturated heterocycles. The van der Waals surface area contributed by atoms with E-state index < -0.39 is 156 Å². The number of piperidine rings is 1. The van der Waals surface area contributed by atoms with E-state index in [0.29, 0.717) is 89.4 Å². The van der Waals surface area contributed by atoms with Gasteiger partial charge in [-0.3, -0.25) is 67.3 Å². The van der Waals surface area contributed by atoms with E-state index in [9.17, 15) is 67.7 Å². The number of likely N-dealkylation sites (tertiary alicyclic amines) is 3. The molecule has 0 unspecified atom stereocenters. The van der Waals surface area contributed by atoms with Crippen molar-refractivity contribution in [2.75, 3.05) is 46.3 Å². The number of carboxylic acids is 1. The number of carbonyl (C=O) groups is 13. The Morgan fingerprint density at radius 1 is 0.585 bits per heavy atom. The van der Waals surface area contributed by atoms with Gasteiger partial charge < -0.3 is 95.7 Å². The summed E-state index contributed by atoms with van der Waals surface area (Å²) in [5.74, 6) is -12.2. The fourth-order valence-electron chi connectivity index (χ4n) is 13.8. The summed E-state index contributed by atoms with van der Waals surface area (Å²) in [6.07, 6.45) is 5.25. The number of β-amino-alcohol motifs (C(OH)–C–C–N with tert-alkyl or cyclic N) is 1. The molecule has 3 fully saturated rings. The summed E-state index contributed by atoms with van der Waals surface area (Å²) >= 11 is 0. The minimum absolute atomic E-state index is 0.00743. The largest absolute Gasteiger partial charge is 0.481 e. The summed E-state index contributed by atoms with van der Waals surface area (Å²) in [7, 11) is 1.29. The molecule has 3 aliphatic heterocycles. The highest BCUT2D eigenvalue weighted by atomic mass is 16.4. The van der Waals surface area contributed by atoms with Crippen LogP contribution in [0, 0.1) is 29.6 Å². The van der Waals surface area contributed by atoms with Gasteiger partial charge >= 0.3 is 5.97 Å². The van der Waals surface area contributed by atoms with Gasteiger partial charge in [-0.15, -0.1) is 0 Å². The smallest absolute Gasteiger partial charge is 0.305 e. The number of nitrogens with zero attached hydrogens (tertiary/aromatic N) is 5. The maximum absolute atomic E-state index is 15.1. The molecular formula is C74H125N17O15. The third-order valence-electron chi connectivity index (χ3n) is 19.8. The van der Waals surface area contributed by atoms with Gasteiger partial charge in [0, 0.05) is 52.6 Å². The number of aliphatic hydroxyl groups excluding tert-OH is 1. The Bertz CT molecular complexity index is 3120. The molecule has 32 nitrogen and oxygen atoms in total. The summed E-state index contributed by atoms with van der Waals surface area (Å²) in [5, 5.41) is 40.5. The Kier molecular flexibility index (Phi) is 38.3. The number of nitrogens with two attached hydrogens (primary N) is 5. The lowest BCUT2D eigenvalue weighted by Crippen LogP contribution is -2.61. The number of rotatable bonds is 45. The second-order valence-corrected chi connectivity index (χ2v) is 30.2. The topological polar surface area (TPSA) is 502 Å². The van der Waals surface area contributed by atoms with Crippen molar-refractivity contribution in [2.45, 2.75) is 270 Å². The molecule has 4 rings (SSSR count). The lowest BCUT2D eigenvalue weighted by Gasteiger charge is -2.36. The number of carboxylic acid groups (broad SMARTS) is 1. The van der Waals surface area contributed by atoms with Gasteiger partial charge in [-0.25, -0.2) is 0 Å². The Morgan fingerprint density at radius 2 is 1.16 bits per heavy atom. The number of primary amides is 1. The van der Waals surface area contributed by atoms with Crippen molar-refractivity contribution < 1.29 is 72.5 Å². The molecular weight excluding hydrogens is 1370 g/mol. The van der Waals surface area contributed by atoms with Crippen LogP contribution in [0.4, 0.5) is 0 Å². The number of aliphatic hydroxyl groups is 1. The van der Waals surface area contributed by atoms with E-state index in [4.69, 9.17) is 28.7 Å². The lowest BCUT2D eigenvalue weighted by molar-refractivity contribution is -0.149. The van der Waals surface area contributed by atoms with Crippen molar-refractivity contribution >= 4 is 82.8 Å². The maximum Gasteiger partial charge on any atom is 0.305 e. The van der Waals surface area contributed by atoms with Crippen LogP contribution in [0.15, 0.2) is 35.3 Å². The summed E-state index contributed by atoms with van der Waals surface area (Å²) in [5.41, 5.74) is 29.2. The highest BCUT2D eigenvalue weighted by molar-refractivity contribution is 6.00. The first-order valence-electron chi connectivity index (χ1n) is 38.2. The Labute approximate surface area is 624 Å². The molecule has 19 N–H and O–H groups in total. The van der Waals surface area contributed by atoms with Crippen LogP contribution in [0.5, 0.6) is 0 Å². The lowest BCUT2D eigenvalue weighted by atomic mass is 9.94. The van der Waals surface area contributed by atoms with Crippen LogP contribution in [0.2, 0.25) is 0 Å². The minimum Gasteiger partial charge on any atom is -0.481 e. The molecule has 0 aromatic heterocycles. The number of unbranched alkanes of at least 4 members (excludes halogenated alkanes) is 4. The normalized spacial score (nSPS) is 19.4. The number of aliphatic carboxylic acids is 1. The number of benzene rings is 1. The Hall–Kier alpha value is -8.52. The van der Waals surface area contributed by atoms with E-state index in [1.807, 2.05) is 27.7 Å². The SMILES string of the molecule is CCCCCC[C@H](NC(=O)[C@@H]1CCCN1C(=O)[C@@H](N)CCCCN)C(=O)N1CCC[C@H](C(=O)N[C@@H](Cc2ccccc2)C(=O)N[C@H](CC(C)C)C(=O)N[C@@H](CC(C)C)C(=O)N2C[C@H](O)C[C@H]2C(=O)N(C)[C@@H](CC(C)C)C(=O)N[C@@H](CC(=O)O)C(=O)N[C@@H](CCCN=C(N)N)C(=O)N[C@H](C(N)=O)[C@@H](C)CC)C1. The Balaban J connectivity index is 1.58. The molecule has 32 heteroatoms. The van der Waals surface area contributed by atoms with Crippen LogP contribution in [0.3, 0.4) is 0 Å². The van der Waals surface area contributed by atoms with Crippen LogP contribution >= 0.6 is 0 Å². The zero-order valence-corrected chi connectivity index (χ0v) is 64.1. The second kappa shape index (κ2) is 45.2. The van der Waals surface area contributed by atoms with Gasteiger partial charge in [0.15, 0.2) is 5.96 Å². The highest BCUT2D eigenvalue weighted by Crippen LogP contribution is 2.27. The molecule has 12 amide bonds. The van der Waals surface area contributed by atoms with Crippen molar-refractivity contribution in [3.63, 3.8) is 0 Å². The fraction of sp³-hybridized carbons (Fsp3) is 0.730. The van der Waals surface area contributed by atoms with Gasteiger partial charge in [-0.1, -0.05) is 131 Å². The molecule has 106 heavy (non-hydrogen) atoms. The number of likely N-dealkylation sites (N-methyl/N-ethyl adjacent to an activating group) is 1. The molecule has 0 radical (unpaired) electrons. The zero-order valence-electron chi connectivity index (χ0n) is 64.1. The van der Waals surface area contributed by atoms with E-state index >= 15 is 4.79 Å². The first-order chi connectivity index (χ1) is 50.1. The molecule has 14 atom stereocenters. The van der Waals surface area contributed by atoms with Crippen LogP contribution in [-0.2, 0) is 68.7 Å². The third-order valence-corrected chi connectivity index (χ3v) is 19.8. The first-order valence-corrected chi connectivity index (χ1v) is 38.2. The Morgan fingerprint density at radius 3 is 1.77 bits per heavy atom. The number of hydrogen-bond acceptors (Lipinski definition) is 17. The maximum atomic E-state index is 15.1. The summed E-state index contributed by atoms with van der Waals surface area (Å²) in [4.78, 5) is 193. The summed E-state index contributed by atoms with van der Waals surface area (Å²) in [6, 6.07) is -4.72. The van der Waals surface area contributed by atoms with Gasteiger partial charge in [0.2, 0.25) is 70.9 Å². The van der Waals surface area contributed by atoms with Crippen molar-refractivity contribution in [1.29, 1.82) is 0 Å². The molecule has 0 aliphatic carbocycles. The molecule has 3 aliphatic rings. The van der Waals surface area contributed by atoms with Gasteiger partial charge in [-0.2, -0.15) is 0 Å². The molecule has 596 valence electrons. The van der Waals surface area contributed by atoms with Gasteiger partial charge in [0.1, 0.15) is 60.4 Å². The number of hydrogen-bond donors (Lipinski definition) is 14. The van der Waals surface area contributed by atoms with E-state index in [0.717, 1.165) is 29.1 Å². The van der Waals surface area contributed by atoms with Crippen molar-refractivity contribution in [1.82, 2.24) is 56.8 Å². The predicted octanol–water partition coefficient (Wildman–Crippen LogP) is 0.266. The monoisotopic (exact) mass is 1490 g/mol. The average molecular weight is 1490 g/mol. The van der Waals surface area contributed by atoms with Crippen molar-refractivity contribution in [3.8, 4) is 0 Å². The molecule has 1 aromatic rings. The molecule has 0 bridgehead atoms. The predicted molar refractivity (Wildman–Crippen MR) is 399 cm³/mol. The summed E-state index contributed by atoms with van der Waals surface area (Å²) < 4.78 is 0. The van der Waals surface area contributed by atoms with Crippen molar-refractivity contribution in [3.05, 3.63) is 35.9 Å². The molecule has 1 aromatic carbocycles. The van der Waals surface area contributed by atoms with Crippen LogP contribution < -0.4 is 65.9 Å². The zero-order chi connectivity index (χ0) is 79.1. The van der Waals surface area contributed by atoms with Gasteiger partial charge in [0.05, 0.1) is 24.5 Å². The number of amides is 12. The number of carbonyl (C=O) groups excluding carboxylic acids is 12. The minimum atomic E-state index is -1.83. The van der Waals surface area contributed by atoms with E-state index in [1.165, 1.54) is 11.9 Å². The second-order valence-electron chi connectivity index (χ2n) is 30.2. The van der Waals surface area contributed by atoms with Gasteiger partial charge in [0.25, 0.3) is 0 Å². The van der Waals surface area contributed by atoms with E-state index in [-0.39, 0.29) is 100 Å². The molecule has 0 spiro atoms. The standard InChI is InChI=1S/C74H125N17O15/c1-11-13-14-18-28-52(82-68(101)57-30-23-34-90(57)70(103)50(76)27-19-20-31-75)71(104)89-33-22-26-48(41-89)63(96)83-54(38-47-24-16-15-17-25-47)66(99)84-53(35-43(3)4)65(98)86-56(36-44(5)6)72(105)91-42-49(92)39-59(91)73(106)88(10)58(37-45(7)8)69(102)85-55(40-60(93)94)67(100)81-51(29-21-32-80-74(78)79)64(97)87-61(62(77)95)46(9)12-2/h15-17,24-25,43-46,48-59,61,92H,11-14,18-23,26-42,75-76H2,1-10H3,(H2,77,95)(H,81,100)(H,82,101)(H,83,96)(H,84,99)(H,85,102)(H,86,98)(H,87,97)(H,93,94)(H4,78,79,80)/t46-,48-,49+,50-,51-,52-,53+,54-,55-,56-,57-,58-,59-,61-/m0/s1. The van der Waals surface area contributed by atoms with E-state index in [2.05, 4.69) is 49.1 Å². The van der Waals surface area contributed by atoms with Crippen LogP contribution in [0.25, 0.3) is 0 Å². The number of nitrogens with one attached hydrogen (secondary N) is 7. The quantitative estimate of drug-likeness (QED) is 0.0237. The third kappa shape index (κ3) is 29.0. The molecule has 3 heterocycles. The van der Waals surface area contributed by atoms with Gasteiger partial charge in [-0.05, 0) is 113 Å². The number of aliphatic imine (C=N–C) groups is 1. The van der Waals surface area contributed by atoms with Crippen LogP contribution in [-0.4, -0.2) is 232 Å². The fourth-order valence-corrected chi connectivity index (χ4v) is 13.8. The first kappa shape index (κ1) is 89.9. The summed E-state index contributed by atoms with van der Waals surface area (Å²) in [6.45, 7) is 17.1. The average Bonchev–Trinajstić information content (AvgIpc) is 1.61. The number of guanidine groups is 1.